The Morgan fingerprint density at radius 2 is 1.73 bits per heavy atom. The Bertz CT molecular complexity index is 2420. The van der Waals surface area contributed by atoms with Crippen molar-refractivity contribution in [3.8, 4) is 10.8 Å². The number of hydrogen-bond donors (Lipinski definition) is 2. The van der Waals surface area contributed by atoms with E-state index in [9.17, 15) is 28.8 Å². The molecule has 4 aliphatic rings. The fourth-order valence-electron chi connectivity index (χ4n) is 7.93. The molecular weight excluding hydrogens is 798 g/mol. The quantitative estimate of drug-likeness (QED) is 0.168. The Morgan fingerprint density at radius 3 is 2.47 bits per heavy atom. The van der Waals surface area contributed by atoms with Crippen LogP contribution in [0.25, 0.3) is 5.00 Å². The van der Waals surface area contributed by atoms with Crippen LogP contribution in [-0.4, -0.2) is 123 Å². The zero-order valence-electron chi connectivity index (χ0n) is 32.7. The molecule has 2 saturated heterocycles. The maximum atomic E-state index is 13.9. The number of nitrogens with one attached hydrogen (secondary N) is 2. The van der Waals surface area contributed by atoms with E-state index in [2.05, 4.69) is 34.7 Å². The number of amides is 6. The molecule has 0 radical (unpaired) electrons. The molecule has 1 unspecified atom stereocenters. The maximum Gasteiger partial charge on any atom is 0.266 e. The topological polar surface area (TPSA) is 188 Å². The lowest BCUT2D eigenvalue weighted by Gasteiger charge is -2.34. The summed E-state index contributed by atoms with van der Waals surface area (Å²) in [6.45, 7) is 8.70. The average Bonchev–Trinajstić information content (AvgIpc) is 3.79. The lowest BCUT2D eigenvalue weighted by atomic mass is 9.99. The molecule has 306 valence electrons. The number of aromatic nitrogens is 3. The molecule has 18 heteroatoms. The van der Waals surface area contributed by atoms with E-state index in [4.69, 9.17) is 21.3 Å². The Kier molecular flexibility index (Phi) is 11.2. The first-order valence-corrected chi connectivity index (χ1v) is 20.7. The molecule has 2 atom stereocenters. The number of rotatable bonds is 11. The van der Waals surface area contributed by atoms with Gasteiger partial charge in [0, 0.05) is 60.2 Å². The first kappa shape index (κ1) is 40.0. The van der Waals surface area contributed by atoms with E-state index in [1.807, 2.05) is 45.6 Å². The summed E-state index contributed by atoms with van der Waals surface area (Å²) >= 11 is 7.90. The minimum absolute atomic E-state index is 0.0295. The van der Waals surface area contributed by atoms with Gasteiger partial charge in [0.15, 0.2) is 5.82 Å². The molecule has 8 rings (SSSR count). The Balaban J connectivity index is 0.825. The molecule has 0 aliphatic carbocycles. The summed E-state index contributed by atoms with van der Waals surface area (Å²) < 4.78 is 7.91. The third kappa shape index (κ3) is 7.77. The number of fused-ring (bicyclic) bond motifs is 4. The summed E-state index contributed by atoms with van der Waals surface area (Å²) in [7, 11) is 0. The molecule has 0 spiro atoms. The van der Waals surface area contributed by atoms with E-state index in [0.717, 1.165) is 43.0 Å². The number of aryl methyl sites for hydroxylation is 2. The molecule has 6 amide bonds. The van der Waals surface area contributed by atoms with Gasteiger partial charge in [0.2, 0.25) is 23.6 Å². The predicted octanol–water partition coefficient (Wildman–Crippen LogP) is 3.32. The van der Waals surface area contributed by atoms with Crippen LogP contribution in [0.2, 0.25) is 5.02 Å². The number of halogens is 1. The van der Waals surface area contributed by atoms with Crippen molar-refractivity contribution in [1.29, 1.82) is 0 Å². The summed E-state index contributed by atoms with van der Waals surface area (Å²) in [5.74, 6) is -1.04. The van der Waals surface area contributed by atoms with Crippen LogP contribution in [-0.2, 0) is 19.2 Å². The van der Waals surface area contributed by atoms with E-state index in [0.29, 0.717) is 50.0 Å². The van der Waals surface area contributed by atoms with Gasteiger partial charge in [0.25, 0.3) is 11.8 Å². The molecule has 2 aromatic heterocycles. The Hall–Kier alpha value is -5.78. The number of carbonyl (C=O) groups excluding carboxylic acids is 6. The van der Waals surface area contributed by atoms with E-state index >= 15 is 0 Å². The number of carbonyl (C=O) groups is 6. The third-order valence-corrected chi connectivity index (χ3v) is 12.6. The molecule has 16 nitrogen and oxygen atoms in total. The third-order valence-electron chi connectivity index (χ3n) is 11.1. The zero-order chi connectivity index (χ0) is 41.5. The van der Waals surface area contributed by atoms with Crippen LogP contribution < -0.4 is 15.4 Å². The van der Waals surface area contributed by atoms with Gasteiger partial charge in [-0.2, -0.15) is 0 Å². The number of hydrogen-bond acceptors (Lipinski definition) is 12. The number of piperazine rings is 1. The van der Waals surface area contributed by atoms with Crippen molar-refractivity contribution in [3.05, 3.63) is 91.8 Å². The highest BCUT2D eigenvalue weighted by molar-refractivity contribution is 7.15. The number of nitrogens with zero attached hydrogens (tertiary/aromatic N) is 7. The van der Waals surface area contributed by atoms with Crippen LogP contribution in [0.5, 0.6) is 5.75 Å². The minimum Gasteiger partial charge on any atom is -0.493 e. The van der Waals surface area contributed by atoms with Crippen molar-refractivity contribution < 1.29 is 33.5 Å². The van der Waals surface area contributed by atoms with Crippen LogP contribution >= 0.6 is 22.9 Å². The second-order valence-corrected chi connectivity index (χ2v) is 16.6. The van der Waals surface area contributed by atoms with Crippen LogP contribution in [0.4, 0.5) is 0 Å². The minimum atomic E-state index is -1.07. The largest absolute Gasteiger partial charge is 0.493 e. The summed E-state index contributed by atoms with van der Waals surface area (Å²) in [5.41, 5.74) is 4.02. The van der Waals surface area contributed by atoms with E-state index in [-0.39, 0.29) is 61.1 Å². The van der Waals surface area contributed by atoms with Gasteiger partial charge in [0.05, 0.1) is 36.4 Å². The molecule has 59 heavy (non-hydrogen) atoms. The number of aliphatic imine (C=N–C) groups is 1. The Labute approximate surface area is 348 Å². The second-order valence-electron chi connectivity index (χ2n) is 14.9. The predicted molar refractivity (Wildman–Crippen MR) is 217 cm³/mol. The van der Waals surface area contributed by atoms with Crippen molar-refractivity contribution in [2.75, 3.05) is 45.9 Å². The lowest BCUT2D eigenvalue weighted by molar-refractivity contribution is -0.136. The normalized spacial score (nSPS) is 19.2. The standard InChI is InChI=1S/C41H42ClN9O7S/c1-22-23(2)59-41-34(22)36(25-8-10-26(42)11-9-25)44-28(37-47-46-24(3)50(37)41)20-33(54)49-17-15-48(16-18-49)21-32(53)43-14-5-19-58-30-7-4-6-27-35(30)40(57)51(39(27)56)29-12-13-31(52)45-38(29)55/h4,6-11,28-29H,5,12-21H2,1-3H3,(H,43,53)(H,45,52,55)/t28-,29?/m0/s1. The molecule has 4 aromatic rings. The summed E-state index contributed by atoms with van der Waals surface area (Å²) in [4.78, 5) is 88.3. The number of piperidine rings is 1. The monoisotopic (exact) mass is 839 g/mol. The molecule has 6 heterocycles. The molecule has 0 saturated carbocycles. The van der Waals surface area contributed by atoms with E-state index in [1.54, 1.807) is 23.5 Å². The van der Waals surface area contributed by atoms with Gasteiger partial charge in [-0.25, -0.2) is 0 Å². The van der Waals surface area contributed by atoms with Crippen LogP contribution in [0.3, 0.4) is 0 Å². The number of thiophene rings is 1. The van der Waals surface area contributed by atoms with E-state index < -0.39 is 35.7 Å². The second kappa shape index (κ2) is 16.5. The molecule has 2 fully saturated rings. The fraction of sp³-hybridized carbons (Fsp3) is 0.390. The van der Waals surface area contributed by atoms with Gasteiger partial charge in [-0.3, -0.25) is 53.4 Å². The first-order valence-electron chi connectivity index (χ1n) is 19.5. The summed E-state index contributed by atoms with van der Waals surface area (Å²) in [6, 6.07) is 10.6. The smallest absolute Gasteiger partial charge is 0.266 e. The summed E-state index contributed by atoms with van der Waals surface area (Å²) in [6.07, 6.45) is 0.631. The lowest BCUT2D eigenvalue weighted by Crippen LogP contribution is -2.54. The molecule has 2 N–H and O–H groups in total. The molecule has 4 aliphatic heterocycles. The van der Waals surface area contributed by atoms with Crippen molar-refractivity contribution in [3.63, 3.8) is 0 Å². The number of ether oxygens (including phenoxy) is 1. The molecule has 0 bridgehead atoms. The van der Waals surface area contributed by atoms with Gasteiger partial charge >= 0.3 is 0 Å². The highest BCUT2D eigenvalue weighted by Gasteiger charge is 2.46. The van der Waals surface area contributed by atoms with Crippen molar-refractivity contribution in [2.45, 2.75) is 58.5 Å². The van der Waals surface area contributed by atoms with Crippen LogP contribution in [0, 0.1) is 20.8 Å². The number of benzene rings is 2. The molecule has 2 aromatic carbocycles. The summed E-state index contributed by atoms with van der Waals surface area (Å²) in [5, 5.41) is 15.6. The van der Waals surface area contributed by atoms with Crippen LogP contribution in [0.1, 0.15) is 85.7 Å². The average molecular weight is 840 g/mol. The van der Waals surface area contributed by atoms with Gasteiger partial charge < -0.3 is 15.0 Å². The van der Waals surface area contributed by atoms with Crippen molar-refractivity contribution in [2.24, 2.45) is 4.99 Å². The van der Waals surface area contributed by atoms with Gasteiger partial charge in [-0.05, 0) is 63.4 Å². The van der Waals surface area contributed by atoms with Gasteiger partial charge in [0.1, 0.15) is 28.7 Å². The van der Waals surface area contributed by atoms with Gasteiger partial charge in [-0.1, -0.05) is 29.8 Å². The maximum absolute atomic E-state index is 13.9. The highest BCUT2D eigenvalue weighted by Crippen LogP contribution is 2.40. The van der Waals surface area contributed by atoms with E-state index in [1.165, 1.54) is 6.07 Å². The van der Waals surface area contributed by atoms with Crippen LogP contribution in [0.15, 0.2) is 47.5 Å². The molecular formula is C41H42ClN9O7S. The van der Waals surface area contributed by atoms with Gasteiger partial charge in [-0.15, -0.1) is 21.5 Å². The van der Waals surface area contributed by atoms with Crippen molar-refractivity contribution >= 4 is 64.1 Å². The zero-order valence-corrected chi connectivity index (χ0v) is 34.3. The number of imide groups is 2. The highest BCUT2D eigenvalue weighted by atomic mass is 35.5. The van der Waals surface area contributed by atoms with Crippen molar-refractivity contribution in [1.82, 2.24) is 40.1 Å². The first-order chi connectivity index (χ1) is 28.4. The fourth-order valence-corrected chi connectivity index (χ4v) is 9.27. The Morgan fingerprint density at radius 1 is 0.966 bits per heavy atom. The SMILES string of the molecule is Cc1sc2c(c1C)C(c1ccc(Cl)cc1)=N[C@@H](CC(=O)N1CCN(CC(=O)NCCCOc3cccc4c3C(=O)N(C3CCC(=O)NC3=O)C4=O)CC1)c1nnc(C)n1-2.